The fourth-order valence-electron chi connectivity index (χ4n) is 1.82. The minimum Gasteiger partial charge on any atom is -0.379 e. The Kier molecular flexibility index (Phi) is 2.48. The normalized spacial score (nSPS) is 12.8. The third-order valence-corrected chi connectivity index (χ3v) is 3.13. The Labute approximate surface area is 106 Å². The minimum atomic E-state index is -0.320. The number of rotatable bonds is 0. The second-order valence-corrected chi connectivity index (χ2v) is 4.75. The zero-order valence-electron chi connectivity index (χ0n) is 8.80. The Balaban J connectivity index is 2.07. The summed E-state index contributed by atoms with van der Waals surface area (Å²) in [4.78, 5) is 4.06. The van der Waals surface area contributed by atoms with E-state index in [1.807, 2.05) is 18.2 Å². The van der Waals surface area contributed by atoms with Crippen molar-refractivity contribution in [3.8, 4) is 0 Å². The zero-order chi connectivity index (χ0) is 11.8. The largest absolute Gasteiger partial charge is 0.379 e. The van der Waals surface area contributed by atoms with Crippen molar-refractivity contribution in [1.82, 2.24) is 4.98 Å². The Bertz CT molecular complexity index is 534. The van der Waals surface area contributed by atoms with Crippen LogP contribution >= 0.6 is 15.9 Å². The third-order valence-electron chi connectivity index (χ3n) is 2.64. The van der Waals surface area contributed by atoms with Crippen LogP contribution in [0.15, 0.2) is 34.9 Å². The highest BCUT2D eigenvalue weighted by Crippen LogP contribution is 2.32. The number of fused-ring (bicyclic) bond motifs is 2. The Morgan fingerprint density at radius 3 is 3.00 bits per heavy atom. The number of nitrogens with one attached hydrogen (secondary N) is 2. The van der Waals surface area contributed by atoms with E-state index in [0.29, 0.717) is 12.4 Å². The Hall–Kier alpha value is -1.62. The highest BCUT2D eigenvalue weighted by atomic mass is 79.9. The number of aromatic nitrogens is 1. The van der Waals surface area contributed by atoms with Crippen molar-refractivity contribution in [3.05, 3.63) is 46.3 Å². The molecule has 0 unspecified atom stereocenters. The lowest BCUT2D eigenvalue weighted by Crippen LogP contribution is -1.99. The highest BCUT2D eigenvalue weighted by Gasteiger charge is 2.13. The topological polar surface area (TPSA) is 37.0 Å². The summed E-state index contributed by atoms with van der Waals surface area (Å²) in [6.45, 7) is 0.552. The highest BCUT2D eigenvalue weighted by molar-refractivity contribution is 9.10. The molecule has 1 aromatic carbocycles. The number of anilines is 3. The van der Waals surface area contributed by atoms with Crippen LogP contribution in [-0.2, 0) is 6.54 Å². The molecule has 2 heterocycles. The first-order chi connectivity index (χ1) is 8.22. The maximum Gasteiger partial charge on any atom is 0.141 e. The molecule has 0 atom stereocenters. The first-order valence-corrected chi connectivity index (χ1v) is 5.96. The molecular weight excluding hydrogens is 285 g/mol. The van der Waals surface area contributed by atoms with Crippen LogP contribution in [0.1, 0.15) is 5.56 Å². The second-order valence-electron chi connectivity index (χ2n) is 3.83. The monoisotopic (exact) mass is 293 g/mol. The van der Waals surface area contributed by atoms with E-state index in [1.165, 1.54) is 12.3 Å². The summed E-state index contributed by atoms with van der Waals surface area (Å²) in [5.74, 6) is 0.374. The molecular formula is C12H9BrFN3. The average Bonchev–Trinajstić information content (AvgIpc) is 2.48. The smallest absolute Gasteiger partial charge is 0.141 e. The van der Waals surface area contributed by atoms with Crippen molar-refractivity contribution < 1.29 is 4.39 Å². The molecule has 1 aliphatic heterocycles. The van der Waals surface area contributed by atoms with Crippen molar-refractivity contribution >= 4 is 33.1 Å². The molecule has 2 N–H and O–H groups in total. The van der Waals surface area contributed by atoms with Crippen LogP contribution in [0, 0.1) is 5.82 Å². The molecule has 3 nitrogen and oxygen atoms in total. The summed E-state index contributed by atoms with van der Waals surface area (Å²) in [7, 11) is 0. The van der Waals surface area contributed by atoms with Gasteiger partial charge in [0.25, 0.3) is 0 Å². The molecule has 0 radical (unpaired) electrons. The van der Waals surface area contributed by atoms with Crippen LogP contribution in [0.25, 0.3) is 0 Å². The first kappa shape index (κ1) is 10.5. The lowest BCUT2D eigenvalue weighted by molar-refractivity contribution is 0.619. The SMILES string of the molecule is Fc1cnc2c(c1)CNc1cc(Br)ccc1N2. The summed E-state index contributed by atoms with van der Waals surface area (Å²) in [5, 5.41) is 6.45. The van der Waals surface area contributed by atoms with E-state index in [0.717, 1.165) is 21.4 Å². The van der Waals surface area contributed by atoms with E-state index in [4.69, 9.17) is 0 Å². The average molecular weight is 294 g/mol. The summed E-state index contributed by atoms with van der Waals surface area (Å²) in [6.07, 6.45) is 1.22. The van der Waals surface area contributed by atoms with E-state index < -0.39 is 0 Å². The van der Waals surface area contributed by atoms with E-state index >= 15 is 0 Å². The van der Waals surface area contributed by atoms with Crippen molar-refractivity contribution in [2.45, 2.75) is 6.54 Å². The van der Waals surface area contributed by atoms with Gasteiger partial charge in [-0.15, -0.1) is 0 Å². The fraction of sp³-hybridized carbons (Fsp3) is 0.0833. The quantitative estimate of drug-likeness (QED) is 0.778. The number of pyridine rings is 1. The molecule has 86 valence electrons. The summed E-state index contributed by atoms with van der Waals surface area (Å²) in [6, 6.07) is 7.36. The molecule has 17 heavy (non-hydrogen) atoms. The summed E-state index contributed by atoms with van der Waals surface area (Å²) in [5.41, 5.74) is 2.72. The number of halogens is 2. The molecule has 0 saturated carbocycles. The van der Waals surface area contributed by atoms with Gasteiger partial charge in [-0.2, -0.15) is 0 Å². The molecule has 0 spiro atoms. The van der Waals surface area contributed by atoms with Crippen LogP contribution in [-0.4, -0.2) is 4.98 Å². The fourth-order valence-corrected chi connectivity index (χ4v) is 2.18. The molecule has 0 bridgehead atoms. The van der Waals surface area contributed by atoms with Gasteiger partial charge in [0.15, 0.2) is 0 Å². The number of nitrogens with zero attached hydrogens (tertiary/aromatic N) is 1. The first-order valence-electron chi connectivity index (χ1n) is 5.17. The molecule has 0 saturated heterocycles. The van der Waals surface area contributed by atoms with Crippen LogP contribution in [0.3, 0.4) is 0 Å². The lowest BCUT2D eigenvalue weighted by atomic mass is 10.2. The predicted molar refractivity (Wildman–Crippen MR) is 68.9 cm³/mol. The van der Waals surface area contributed by atoms with Crippen LogP contribution < -0.4 is 10.6 Å². The number of hydrogen-bond donors (Lipinski definition) is 2. The maximum atomic E-state index is 13.1. The lowest BCUT2D eigenvalue weighted by Gasteiger charge is -2.08. The van der Waals surface area contributed by atoms with Crippen molar-refractivity contribution in [2.24, 2.45) is 0 Å². The maximum absolute atomic E-state index is 13.1. The van der Waals surface area contributed by atoms with E-state index in [1.54, 1.807) is 0 Å². The number of hydrogen-bond acceptors (Lipinski definition) is 3. The molecule has 0 amide bonds. The Morgan fingerprint density at radius 1 is 1.24 bits per heavy atom. The van der Waals surface area contributed by atoms with Crippen LogP contribution in [0.2, 0.25) is 0 Å². The van der Waals surface area contributed by atoms with Gasteiger partial charge in [0.05, 0.1) is 17.6 Å². The molecule has 2 aromatic rings. The van der Waals surface area contributed by atoms with Gasteiger partial charge in [-0.1, -0.05) is 15.9 Å². The summed E-state index contributed by atoms with van der Waals surface area (Å²) >= 11 is 3.42. The van der Waals surface area contributed by atoms with Crippen molar-refractivity contribution in [3.63, 3.8) is 0 Å². The molecule has 0 fully saturated rings. The van der Waals surface area contributed by atoms with Gasteiger partial charge >= 0.3 is 0 Å². The predicted octanol–water partition coefficient (Wildman–Crippen LogP) is 3.65. The van der Waals surface area contributed by atoms with E-state index in [2.05, 4.69) is 31.5 Å². The zero-order valence-corrected chi connectivity index (χ0v) is 10.4. The van der Waals surface area contributed by atoms with Gasteiger partial charge in [0, 0.05) is 16.6 Å². The second kappa shape index (κ2) is 4.00. The van der Waals surface area contributed by atoms with Gasteiger partial charge in [-0.05, 0) is 24.3 Å². The van der Waals surface area contributed by atoms with Gasteiger partial charge in [0.2, 0.25) is 0 Å². The van der Waals surface area contributed by atoms with Gasteiger partial charge in [-0.25, -0.2) is 9.37 Å². The molecule has 0 aliphatic carbocycles. The van der Waals surface area contributed by atoms with Crippen molar-refractivity contribution in [1.29, 1.82) is 0 Å². The minimum absolute atomic E-state index is 0.320. The summed E-state index contributed by atoms with van der Waals surface area (Å²) < 4.78 is 14.1. The molecule has 1 aliphatic rings. The Morgan fingerprint density at radius 2 is 2.12 bits per heavy atom. The molecule has 3 rings (SSSR count). The van der Waals surface area contributed by atoms with E-state index in [9.17, 15) is 4.39 Å². The standard InChI is InChI=1S/C12H9BrFN3/c13-8-1-2-10-11(4-8)15-5-7-3-9(14)6-16-12(7)17-10/h1-4,6,15H,5H2,(H,16,17). The van der Waals surface area contributed by atoms with E-state index in [-0.39, 0.29) is 5.82 Å². The van der Waals surface area contributed by atoms with Crippen molar-refractivity contribution in [2.75, 3.05) is 10.6 Å². The van der Waals surface area contributed by atoms with Gasteiger partial charge < -0.3 is 10.6 Å². The molecule has 5 heteroatoms. The van der Waals surface area contributed by atoms with Gasteiger partial charge in [-0.3, -0.25) is 0 Å². The van der Waals surface area contributed by atoms with Crippen LogP contribution in [0.5, 0.6) is 0 Å². The van der Waals surface area contributed by atoms with Crippen LogP contribution in [0.4, 0.5) is 21.6 Å². The third kappa shape index (κ3) is 1.98. The van der Waals surface area contributed by atoms with Gasteiger partial charge in [0.1, 0.15) is 11.6 Å². The molecule has 1 aromatic heterocycles. The number of benzene rings is 1.